The highest BCUT2D eigenvalue weighted by molar-refractivity contribution is 5.96. The number of aromatic nitrogens is 1. The van der Waals surface area contributed by atoms with E-state index in [4.69, 9.17) is 9.47 Å². The minimum Gasteiger partial charge on any atom is -0.497 e. The number of fused-ring (bicyclic) bond motifs is 3. The Hall–Kier alpha value is -4.26. The van der Waals surface area contributed by atoms with Crippen LogP contribution in [0.3, 0.4) is 0 Å². The van der Waals surface area contributed by atoms with E-state index in [1.54, 1.807) is 29.9 Å². The van der Waals surface area contributed by atoms with Gasteiger partial charge in [0.1, 0.15) is 22.7 Å². The molecule has 2 heterocycles. The van der Waals surface area contributed by atoms with Gasteiger partial charge < -0.3 is 18.9 Å². The number of amides is 1. The van der Waals surface area contributed by atoms with Crippen molar-refractivity contribution in [1.29, 1.82) is 5.26 Å². The fourth-order valence-electron chi connectivity index (χ4n) is 4.94. The lowest BCUT2D eigenvalue weighted by molar-refractivity contribution is -0.150. The summed E-state index contributed by atoms with van der Waals surface area (Å²) in [6.45, 7) is 3.54. The standard InChI is InChI=1S/C24H26F3N3O3.C7H8O/c1-5-6-16-10-19(22(32)29(3)23(2,14-28)13-24(25,26)27)30-8-7-15-11-20(33-4)17(12-31)9-18(15)21(16)30;1-8-7-5-3-2-4-6-7/h9-12H,5-8,13H2,1-4H3;2-6H,1H3. The number of nitriles is 1. The van der Waals surface area contributed by atoms with Gasteiger partial charge in [0, 0.05) is 19.2 Å². The van der Waals surface area contributed by atoms with Crippen LogP contribution in [0.2, 0.25) is 0 Å². The summed E-state index contributed by atoms with van der Waals surface area (Å²) in [5, 5.41) is 9.48. The fourth-order valence-corrected chi connectivity index (χ4v) is 4.94. The monoisotopic (exact) mass is 569 g/mol. The number of benzene rings is 2. The zero-order chi connectivity index (χ0) is 30.4. The van der Waals surface area contributed by atoms with Gasteiger partial charge in [-0.15, -0.1) is 0 Å². The first-order chi connectivity index (χ1) is 19.4. The number of ether oxygens (including phenoxy) is 2. The minimum atomic E-state index is -4.60. The third-order valence-corrected chi connectivity index (χ3v) is 7.17. The van der Waals surface area contributed by atoms with E-state index >= 15 is 0 Å². The average molecular weight is 570 g/mol. The smallest absolute Gasteiger partial charge is 0.392 e. The number of methoxy groups -OCH3 is 2. The molecule has 218 valence electrons. The first kappa shape index (κ1) is 31.3. The average Bonchev–Trinajstić information content (AvgIpc) is 3.34. The van der Waals surface area contributed by atoms with E-state index in [9.17, 15) is 28.0 Å². The van der Waals surface area contributed by atoms with E-state index in [0.29, 0.717) is 37.0 Å². The predicted octanol–water partition coefficient (Wildman–Crippen LogP) is 6.49. The molecule has 1 atom stereocenters. The van der Waals surface area contributed by atoms with Crippen molar-refractivity contribution < 1.29 is 32.2 Å². The van der Waals surface area contributed by atoms with E-state index < -0.39 is 24.0 Å². The molecule has 1 aromatic heterocycles. The van der Waals surface area contributed by atoms with Crippen LogP contribution in [-0.4, -0.2) is 54.6 Å². The highest BCUT2D eigenvalue weighted by atomic mass is 19.4. The zero-order valence-corrected chi connectivity index (χ0v) is 23.8. The van der Waals surface area contributed by atoms with E-state index in [1.165, 1.54) is 14.2 Å². The third-order valence-electron chi connectivity index (χ3n) is 7.17. The van der Waals surface area contributed by atoms with E-state index in [-0.39, 0.29) is 5.69 Å². The maximum absolute atomic E-state index is 13.4. The van der Waals surface area contributed by atoms with Crippen LogP contribution in [0, 0.1) is 11.3 Å². The lowest BCUT2D eigenvalue weighted by Gasteiger charge is -2.34. The molecule has 0 N–H and O–H groups in total. The maximum Gasteiger partial charge on any atom is 0.392 e. The molecule has 41 heavy (non-hydrogen) atoms. The second-order valence-corrected chi connectivity index (χ2v) is 9.98. The number of carbonyl (C=O) groups excluding carboxylic acids is 2. The Labute approximate surface area is 238 Å². The maximum atomic E-state index is 13.4. The number of rotatable bonds is 8. The Balaban J connectivity index is 0.000000496. The SMILES string of the molecule is CCCc1cc(C(=O)N(C)C(C)(C#N)CC(F)(F)F)n2c1-c1cc(C=O)c(OC)cc1CC2.COc1ccccc1. The molecule has 10 heteroatoms. The number of aryl methyl sites for hydroxylation is 2. The molecule has 7 nitrogen and oxygen atoms in total. The molecule has 0 spiro atoms. The van der Waals surface area contributed by atoms with Crippen LogP contribution in [-0.2, 0) is 19.4 Å². The summed E-state index contributed by atoms with van der Waals surface area (Å²) in [4.78, 5) is 25.8. The summed E-state index contributed by atoms with van der Waals surface area (Å²) >= 11 is 0. The van der Waals surface area contributed by atoms with E-state index in [0.717, 1.165) is 46.4 Å². The normalized spacial score (nSPS) is 13.3. The summed E-state index contributed by atoms with van der Waals surface area (Å²) in [5.41, 5.74) is 1.96. The van der Waals surface area contributed by atoms with Gasteiger partial charge in [-0.1, -0.05) is 31.5 Å². The lowest BCUT2D eigenvalue weighted by Crippen LogP contribution is -2.49. The van der Waals surface area contributed by atoms with E-state index in [2.05, 4.69) is 0 Å². The van der Waals surface area contributed by atoms with Crippen LogP contribution < -0.4 is 9.47 Å². The number of para-hydroxylation sites is 1. The molecule has 0 aliphatic carbocycles. The van der Waals surface area contributed by atoms with Crippen molar-refractivity contribution in [1.82, 2.24) is 9.47 Å². The van der Waals surface area contributed by atoms with Gasteiger partial charge >= 0.3 is 6.18 Å². The number of aldehydes is 1. The second kappa shape index (κ2) is 12.9. The number of alkyl halides is 3. The fraction of sp³-hybridized carbons (Fsp3) is 0.387. The van der Waals surface area contributed by atoms with Gasteiger partial charge in [-0.2, -0.15) is 18.4 Å². The molecule has 1 aliphatic heterocycles. The van der Waals surface area contributed by atoms with Crippen LogP contribution in [0.4, 0.5) is 13.2 Å². The van der Waals surface area contributed by atoms with Crippen LogP contribution in [0.1, 0.15) is 58.7 Å². The third kappa shape index (κ3) is 6.91. The molecule has 0 fully saturated rings. The summed E-state index contributed by atoms with van der Waals surface area (Å²) in [6.07, 6.45) is -3.34. The topological polar surface area (TPSA) is 84.6 Å². The summed E-state index contributed by atoms with van der Waals surface area (Å²) < 4.78 is 51.3. The second-order valence-electron chi connectivity index (χ2n) is 9.98. The molecule has 2 aromatic carbocycles. The Morgan fingerprint density at radius 1 is 1.15 bits per heavy atom. The highest BCUT2D eigenvalue weighted by Gasteiger charge is 2.45. The number of hydrogen-bond donors (Lipinski definition) is 0. The van der Waals surface area contributed by atoms with Crippen LogP contribution in [0.15, 0.2) is 48.5 Å². The predicted molar refractivity (Wildman–Crippen MR) is 149 cm³/mol. The van der Waals surface area contributed by atoms with Crippen LogP contribution >= 0.6 is 0 Å². The van der Waals surface area contributed by atoms with Gasteiger partial charge in [0.2, 0.25) is 0 Å². The van der Waals surface area contributed by atoms with Crippen molar-refractivity contribution in [2.24, 2.45) is 0 Å². The Morgan fingerprint density at radius 2 is 1.83 bits per heavy atom. The summed E-state index contributed by atoms with van der Waals surface area (Å²) in [6, 6.07) is 16.6. The van der Waals surface area contributed by atoms with Gasteiger partial charge in [-0.05, 0) is 61.2 Å². The van der Waals surface area contributed by atoms with Crippen LogP contribution in [0.25, 0.3) is 11.3 Å². The van der Waals surface area contributed by atoms with Gasteiger partial charge in [-0.3, -0.25) is 9.59 Å². The van der Waals surface area contributed by atoms with Gasteiger partial charge in [-0.25, -0.2) is 0 Å². The largest absolute Gasteiger partial charge is 0.497 e. The quantitative estimate of drug-likeness (QED) is 0.290. The Kier molecular flexibility index (Phi) is 9.87. The molecule has 0 bridgehead atoms. The molecule has 0 radical (unpaired) electrons. The minimum absolute atomic E-state index is 0.230. The molecule has 3 aromatic rings. The zero-order valence-electron chi connectivity index (χ0n) is 23.8. The number of hydrogen-bond acceptors (Lipinski definition) is 5. The molecular formula is C31H34F3N3O4. The van der Waals surface area contributed by atoms with E-state index in [1.807, 2.05) is 43.3 Å². The van der Waals surface area contributed by atoms with Crippen molar-refractivity contribution >= 4 is 12.2 Å². The van der Waals surface area contributed by atoms with Crippen molar-refractivity contribution in [3.8, 4) is 28.8 Å². The summed E-state index contributed by atoms with van der Waals surface area (Å²) in [7, 11) is 4.38. The number of halogens is 3. The number of nitrogens with zero attached hydrogens (tertiary/aromatic N) is 3. The molecule has 1 aliphatic rings. The van der Waals surface area contributed by atoms with Crippen molar-refractivity contribution in [2.75, 3.05) is 21.3 Å². The molecular weight excluding hydrogens is 535 g/mol. The first-order valence-corrected chi connectivity index (χ1v) is 13.2. The highest BCUT2D eigenvalue weighted by Crippen LogP contribution is 2.39. The van der Waals surface area contributed by atoms with Gasteiger partial charge in [0.25, 0.3) is 5.91 Å². The summed E-state index contributed by atoms with van der Waals surface area (Å²) in [5.74, 6) is 0.723. The van der Waals surface area contributed by atoms with Gasteiger partial charge in [0.15, 0.2) is 6.29 Å². The van der Waals surface area contributed by atoms with Crippen molar-refractivity contribution in [3.63, 3.8) is 0 Å². The lowest BCUT2D eigenvalue weighted by atomic mass is 9.93. The van der Waals surface area contributed by atoms with Crippen molar-refractivity contribution in [2.45, 2.75) is 57.8 Å². The first-order valence-electron chi connectivity index (χ1n) is 13.2. The van der Waals surface area contributed by atoms with Crippen LogP contribution in [0.5, 0.6) is 11.5 Å². The molecule has 1 amide bonds. The molecule has 0 saturated heterocycles. The van der Waals surface area contributed by atoms with Crippen molar-refractivity contribution in [3.05, 3.63) is 70.9 Å². The van der Waals surface area contributed by atoms with Gasteiger partial charge in [0.05, 0.1) is 38.0 Å². The molecule has 0 saturated carbocycles. The molecule has 1 unspecified atom stereocenters. The molecule has 4 rings (SSSR count). The number of carbonyl (C=O) groups is 2. The Morgan fingerprint density at radius 3 is 2.34 bits per heavy atom. The Bertz CT molecular complexity index is 1430.